The SMILES string of the molecule is Cc1ccc([I+]c2ccc(C)cc2)cc1.[I-]. The van der Waals surface area contributed by atoms with E-state index in [1.54, 1.807) is 0 Å². The molecule has 0 bridgehead atoms. The molecule has 0 aliphatic rings. The van der Waals surface area contributed by atoms with Crippen molar-refractivity contribution in [3.8, 4) is 0 Å². The molecule has 0 aromatic heterocycles. The number of benzene rings is 2. The molecule has 2 rings (SSSR count). The summed E-state index contributed by atoms with van der Waals surface area (Å²) in [5.41, 5.74) is 2.68. The van der Waals surface area contributed by atoms with Gasteiger partial charge < -0.3 is 24.0 Å². The number of hydrogen-bond acceptors (Lipinski definition) is 0. The van der Waals surface area contributed by atoms with E-state index in [9.17, 15) is 0 Å². The third-order valence-corrected chi connectivity index (χ3v) is 4.92. The molecule has 0 aliphatic heterocycles. The first-order valence-electron chi connectivity index (χ1n) is 5.02. The van der Waals surface area contributed by atoms with Crippen LogP contribution in [0.3, 0.4) is 0 Å². The third-order valence-electron chi connectivity index (χ3n) is 2.24. The van der Waals surface area contributed by atoms with Crippen LogP contribution in [0.5, 0.6) is 0 Å². The van der Waals surface area contributed by atoms with Crippen LogP contribution in [0, 0.1) is 21.0 Å². The molecule has 2 heteroatoms. The van der Waals surface area contributed by atoms with Gasteiger partial charge in [0.2, 0.25) is 0 Å². The fourth-order valence-corrected chi connectivity index (χ4v) is 3.48. The summed E-state index contributed by atoms with van der Waals surface area (Å²) in [7, 11) is 0. The highest BCUT2D eigenvalue weighted by molar-refractivity contribution is 5.13. The normalized spacial score (nSPS) is 9.62. The number of halogens is 2. The van der Waals surface area contributed by atoms with E-state index in [1.165, 1.54) is 18.3 Å². The van der Waals surface area contributed by atoms with Crippen molar-refractivity contribution in [1.82, 2.24) is 0 Å². The Morgan fingerprint density at radius 3 is 1.25 bits per heavy atom. The predicted molar refractivity (Wildman–Crippen MR) is 59.8 cm³/mol. The molecule has 0 spiro atoms. The third kappa shape index (κ3) is 4.05. The Hall–Kier alpha value is -0.100. The zero-order chi connectivity index (χ0) is 10.7. The van der Waals surface area contributed by atoms with Crippen molar-refractivity contribution in [3.05, 3.63) is 66.8 Å². The highest BCUT2D eigenvalue weighted by Crippen LogP contribution is 1.95. The van der Waals surface area contributed by atoms with Crippen LogP contribution in [-0.4, -0.2) is 0 Å². The highest BCUT2D eigenvalue weighted by atomic mass is 127. The molecule has 0 aliphatic carbocycles. The fraction of sp³-hybridized carbons (Fsp3) is 0.143. The molecule has 0 amide bonds. The molecule has 0 fully saturated rings. The molecular weight excluding hydrogens is 422 g/mol. The molecule has 16 heavy (non-hydrogen) atoms. The monoisotopic (exact) mass is 436 g/mol. The maximum atomic E-state index is 2.25. The van der Waals surface area contributed by atoms with E-state index in [2.05, 4.69) is 62.4 Å². The van der Waals surface area contributed by atoms with Gasteiger partial charge in [0.15, 0.2) is 7.14 Å². The summed E-state index contributed by atoms with van der Waals surface area (Å²) in [5.74, 6) is 0. The minimum absolute atomic E-state index is 0. The smallest absolute Gasteiger partial charge is 0.357 e. The van der Waals surface area contributed by atoms with Gasteiger partial charge in [0, 0.05) is 0 Å². The Morgan fingerprint density at radius 2 is 0.938 bits per heavy atom. The molecule has 0 atom stereocenters. The lowest BCUT2D eigenvalue weighted by atomic mass is 10.2. The Bertz CT molecular complexity index is 386. The van der Waals surface area contributed by atoms with Gasteiger partial charge in [0.25, 0.3) is 0 Å². The van der Waals surface area contributed by atoms with E-state index < -0.39 is 0 Å². The van der Waals surface area contributed by atoms with E-state index in [0.29, 0.717) is 0 Å². The van der Waals surface area contributed by atoms with Gasteiger partial charge in [0.1, 0.15) is 0 Å². The highest BCUT2D eigenvalue weighted by Gasteiger charge is 2.13. The van der Waals surface area contributed by atoms with Crippen LogP contribution in [-0.2, 0) is 0 Å². The van der Waals surface area contributed by atoms with E-state index in [0.717, 1.165) is 0 Å². The minimum atomic E-state index is 0. The van der Waals surface area contributed by atoms with Crippen LogP contribution in [0.25, 0.3) is 0 Å². The van der Waals surface area contributed by atoms with Crippen LogP contribution in [0.15, 0.2) is 48.5 Å². The van der Waals surface area contributed by atoms with Gasteiger partial charge in [-0.15, -0.1) is 0 Å². The Labute approximate surface area is 125 Å². The number of hydrogen-bond donors (Lipinski definition) is 0. The lowest BCUT2D eigenvalue weighted by Crippen LogP contribution is -3.61. The first-order valence-corrected chi connectivity index (χ1v) is 7.18. The summed E-state index contributed by atoms with van der Waals surface area (Å²) in [6, 6.07) is 17.8. The molecule has 0 heterocycles. The average molecular weight is 436 g/mol. The molecule has 0 unspecified atom stereocenters. The van der Waals surface area contributed by atoms with Gasteiger partial charge in [-0.3, -0.25) is 0 Å². The average Bonchev–Trinajstić information content (AvgIpc) is 2.25. The second-order valence-corrected chi connectivity index (χ2v) is 6.72. The zero-order valence-corrected chi connectivity index (χ0v) is 13.7. The molecule has 0 radical (unpaired) electrons. The van der Waals surface area contributed by atoms with Gasteiger partial charge in [-0.2, -0.15) is 0 Å². The van der Waals surface area contributed by atoms with E-state index in [4.69, 9.17) is 0 Å². The molecule has 0 saturated heterocycles. The van der Waals surface area contributed by atoms with E-state index >= 15 is 0 Å². The fourth-order valence-electron chi connectivity index (χ4n) is 1.32. The zero-order valence-electron chi connectivity index (χ0n) is 9.37. The quantitative estimate of drug-likeness (QED) is 0.455. The standard InChI is InChI=1S/C14H14I.HI/c1-11-3-7-13(8-4-11)15-14-9-5-12(2)6-10-14;/h3-10H,1-2H3;1H/q+1;/p-1. The van der Waals surface area contributed by atoms with Crippen LogP contribution >= 0.6 is 0 Å². The first kappa shape index (κ1) is 14.0. The maximum absolute atomic E-state index is 2.25. The van der Waals surface area contributed by atoms with Crippen molar-refractivity contribution in [2.75, 3.05) is 0 Å². The van der Waals surface area contributed by atoms with Crippen molar-refractivity contribution in [2.24, 2.45) is 0 Å². The molecule has 0 N–H and O–H groups in total. The first-order chi connectivity index (χ1) is 7.24. The van der Waals surface area contributed by atoms with Crippen molar-refractivity contribution < 1.29 is 45.2 Å². The molecular formula is C14H14I2. The van der Waals surface area contributed by atoms with Crippen molar-refractivity contribution in [1.29, 1.82) is 0 Å². The van der Waals surface area contributed by atoms with Gasteiger partial charge in [-0.05, 0) is 38.1 Å². The van der Waals surface area contributed by atoms with Gasteiger partial charge in [-0.1, -0.05) is 35.4 Å². The molecule has 0 saturated carbocycles. The summed E-state index contributed by atoms with van der Waals surface area (Å²) in [4.78, 5) is 0. The largest absolute Gasteiger partial charge is 1.00 e. The van der Waals surface area contributed by atoms with Gasteiger partial charge in [0.05, 0.1) is 0 Å². The van der Waals surface area contributed by atoms with Crippen molar-refractivity contribution in [2.45, 2.75) is 13.8 Å². The van der Waals surface area contributed by atoms with E-state index in [1.807, 2.05) is 0 Å². The summed E-state index contributed by atoms with van der Waals surface area (Å²) in [6.45, 7) is 4.27. The predicted octanol–water partition coefficient (Wildman–Crippen LogP) is -2.56. The number of rotatable bonds is 2. The Morgan fingerprint density at radius 1 is 0.625 bits per heavy atom. The minimum Gasteiger partial charge on any atom is -1.00 e. The second-order valence-electron chi connectivity index (χ2n) is 3.69. The summed E-state index contributed by atoms with van der Waals surface area (Å²) >= 11 is 0.00313. The van der Waals surface area contributed by atoms with Crippen LogP contribution in [0.1, 0.15) is 11.1 Å². The lowest BCUT2D eigenvalue weighted by molar-refractivity contribution is -0.597. The summed E-state index contributed by atoms with van der Waals surface area (Å²) < 4.78 is 2.98. The van der Waals surface area contributed by atoms with Gasteiger partial charge in [-0.25, -0.2) is 0 Å². The van der Waals surface area contributed by atoms with Crippen molar-refractivity contribution >= 4 is 0 Å². The second kappa shape index (κ2) is 6.59. The molecule has 2 aromatic carbocycles. The summed E-state index contributed by atoms with van der Waals surface area (Å²) in [6.07, 6.45) is 0. The lowest BCUT2D eigenvalue weighted by Gasteiger charge is -1.90. The summed E-state index contributed by atoms with van der Waals surface area (Å²) in [5, 5.41) is 0. The van der Waals surface area contributed by atoms with E-state index in [-0.39, 0.29) is 45.2 Å². The Kier molecular flexibility index (Phi) is 5.75. The van der Waals surface area contributed by atoms with Crippen molar-refractivity contribution in [3.63, 3.8) is 0 Å². The molecule has 84 valence electrons. The van der Waals surface area contributed by atoms with Gasteiger partial charge >= 0.3 is 21.2 Å². The van der Waals surface area contributed by atoms with Crippen LogP contribution in [0.4, 0.5) is 0 Å². The topological polar surface area (TPSA) is 0 Å². The van der Waals surface area contributed by atoms with Crippen LogP contribution < -0.4 is 45.2 Å². The molecule has 0 nitrogen and oxygen atoms in total. The maximum Gasteiger partial charge on any atom is 0.357 e. The number of aryl methyl sites for hydroxylation is 2. The Balaban J connectivity index is 0.00000128. The van der Waals surface area contributed by atoms with Crippen LogP contribution in [0.2, 0.25) is 0 Å². The molecule has 2 aromatic rings.